The zero-order valence-corrected chi connectivity index (χ0v) is 14.4. The van der Waals surface area contributed by atoms with E-state index >= 15 is 0 Å². The molecule has 0 aromatic heterocycles. The summed E-state index contributed by atoms with van der Waals surface area (Å²) in [6.07, 6.45) is 3.16. The molecule has 0 aliphatic rings. The van der Waals surface area contributed by atoms with Crippen LogP contribution in [0.1, 0.15) is 35.3 Å². The van der Waals surface area contributed by atoms with Crippen molar-refractivity contribution in [2.45, 2.75) is 26.9 Å². The minimum atomic E-state index is -1.03. The van der Waals surface area contributed by atoms with Crippen molar-refractivity contribution in [1.82, 2.24) is 0 Å². The largest absolute Gasteiger partial charge is 0.491 e. The molecule has 5 nitrogen and oxygen atoms in total. The van der Waals surface area contributed by atoms with Crippen molar-refractivity contribution in [2.24, 2.45) is 0 Å². The van der Waals surface area contributed by atoms with Crippen LogP contribution < -0.4 is 10.1 Å². The van der Waals surface area contributed by atoms with Crippen LogP contribution in [-0.2, 0) is 4.79 Å². The molecule has 0 unspecified atom stereocenters. The molecule has 2 rings (SSSR count). The van der Waals surface area contributed by atoms with E-state index in [4.69, 9.17) is 9.84 Å². The van der Waals surface area contributed by atoms with Crippen LogP contribution in [0.4, 0.5) is 5.69 Å². The molecule has 0 radical (unpaired) electrons. The summed E-state index contributed by atoms with van der Waals surface area (Å²) in [4.78, 5) is 23.1. The predicted octanol–water partition coefficient (Wildman–Crippen LogP) is 4.13. The van der Waals surface area contributed by atoms with Crippen molar-refractivity contribution >= 4 is 23.6 Å². The number of aromatic carboxylic acids is 1. The Labute approximate surface area is 146 Å². The van der Waals surface area contributed by atoms with E-state index in [-0.39, 0.29) is 17.6 Å². The van der Waals surface area contributed by atoms with Gasteiger partial charge in [0.25, 0.3) is 0 Å². The Hall–Kier alpha value is -3.08. The van der Waals surface area contributed by atoms with Crippen LogP contribution in [-0.4, -0.2) is 23.1 Å². The van der Waals surface area contributed by atoms with Gasteiger partial charge in [-0.15, -0.1) is 0 Å². The van der Waals surface area contributed by atoms with Gasteiger partial charge in [-0.2, -0.15) is 0 Å². The summed E-state index contributed by atoms with van der Waals surface area (Å²) in [5.41, 5.74) is 2.23. The van der Waals surface area contributed by atoms with E-state index in [1.165, 1.54) is 18.2 Å². The highest BCUT2D eigenvalue weighted by atomic mass is 16.5. The number of amides is 1. The lowest BCUT2D eigenvalue weighted by atomic mass is 10.1. The zero-order valence-electron chi connectivity index (χ0n) is 14.4. The molecule has 0 saturated heterocycles. The Kier molecular flexibility index (Phi) is 5.95. The topological polar surface area (TPSA) is 75.6 Å². The molecule has 0 bridgehead atoms. The van der Waals surface area contributed by atoms with E-state index in [1.54, 1.807) is 19.1 Å². The highest BCUT2D eigenvalue weighted by Crippen LogP contribution is 2.18. The van der Waals surface area contributed by atoms with E-state index in [0.717, 1.165) is 16.9 Å². The fourth-order valence-corrected chi connectivity index (χ4v) is 2.20. The molecule has 2 N–H and O–H groups in total. The van der Waals surface area contributed by atoms with E-state index in [1.807, 2.05) is 38.1 Å². The number of carboxylic acids is 1. The molecule has 0 heterocycles. The first-order valence-corrected chi connectivity index (χ1v) is 7.95. The fraction of sp³-hybridized carbons (Fsp3) is 0.200. The molecule has 130 valence electrons. The molecule has 5 heteroatoms. The van der Waals surface area contributed by atoms with Crippen molar-refractivity contribution in [3.63, 3.8) is 0 Å². The lowest BCUT2D eigenvalue weighted by Crippen LogP contribution is -2.10. The summed E-state index contributed by atoms with van der Waals surface area (Å²) < 4.78 is 5.62. The van der Waals surface area contributed by atoms with Gasteiger partial charge in [0.05, 0.1) is 11.7 Å². The normalized spacial score (nSPS) is 10.9. The number of anilines is 1. The van der Waals surface area contributed by atoms with Gasteiger partial charge < -0.3 is 15.2 Å². The number of nitrogens with one attached hydrogen (secondary N) is 1. The molecule has 2 aromatic rings. The quantitative estimate of drug-likeness (QED) is 0.776. The summed E-state index contributed by atoms with van der Waals surface area (Å²) in [5, 5.41) is 11.7. The van der Waals surface area contributed by atoms with Crippen LogP contribution in [0.2, 0.25) is 0 Å². The van der Waals surface area contributed by atoms with Gasteiger partial charge in [0.2, 0.25) is 5.91 Å². The molecule has 0 aliphatic heterocycles. The van der Waals surface area contributed by atoms with E-state index in [9.17, 15) is 9.59 Å². The summed E-state index contributed by atoms with van der Waals surface area (Å²) in [5.74, 6) is -0.628. The molecule has 0 fully saturated rings. The van der Waals surface area contributed by atoms with Crippen molar-refractivity contribution < 1.29 is 19.4 Å². The summed E-state index contributed by atoms with van der Waals surface area (Å²) in [6.45, 7) is 5.70. The molecule has 0 aliphatic carbocycles. The minimum absolute atomic E-state index is 0.0759. The number of carbonyl (C=O) groups excluding carboxylic acids is 1. The monoisotopic (exact) mass is 339 g/mol. The van der Waals surface area contributed by atoms with Crippen molar-refractivity contribution in [1.29, 1.82) is 0 Å². The third-order valence-corrected chi connectivity index (χ3v) is 3.40. The number of carbonyl (C=O) groups is 2. The highest BCUT2D eigenvalue weighted by molar-refractivity contribution is 6.03. The molecular formula is C20H21NO4. The number of hydrogen-bond acceptors (Lipinski definition) is 3. The van der Waals surface area contributed by atoms with Gasteiger partial charge in [-0.1, -0.05) is 18.2 Å². The van der Waals surface area contributed by atoms with Crippen molar-refractivity contribution in [2.75, 3.05) is 5.32 Å². The van der Waals surface area contributed by atoms with Gasteiger partial charge in [-0.25, -0.2) is 4.79 Å². The molecule has 2 aromatic carbocycles. The fourth-order valence-electron chi connectivity index (χ4n) is 2.20. The molecule has 25 heavy (non-hydrogen) atoms. The minimum Gasteiger partial charge on any atom is -0.491 e. The van der Waals surface area contributed by atoms with Gasteiger partial charge in [0.15, 0.2) is 0 Å². The third-order valence-electron chi connectivity index (χ3n) is 3.40. The van der Waals surface area contributed by atoms with Gasteiger partial charge in [0.1, 0.15) is 5.75 Å². The van der Waals surface area contributed by atoms with Crippen LogP contribution >= 0.6 is 0 Å². The Morgan fingerprint density at radius 1 is 1.16 bits per heavy atom. The average Bonchev–Trinajstić information content (AvgIpc) is 2.54. The third kappa shape index (κ3) is 5.49. The van der Waals surface area contributed by atoms with Crippen LogP contribution in [0, 0.1) is 6.92 Å². The Balaban J connectivity index is 2.09. The van der Waals surface area contributed by atoms with Gasteiger partial charge in [0, 0.05) is 11.8 Å². The summed E-state index contributed by atoms with van der Waals surface area (Å²) in [7, 11) is 0. The smallest absolute Gasteiger partial charge is 0.335 e. The average molecular weight is 339 g/mol. The number of benzene rings is 2. The maximum atomic E-state index is 12.1. The second kappa shape index (κ2) is 8.15. The van der Waals surface area contributed by atoms with Crippen molar-refractivity contribution in [3.8, 4) is 5.75 Å². The maximum absolute atomic E-state index is 12.1. The second-order valence-corrected chi connectivity index (χ2v) is 5.90. The first kappa shape index (κ1) is 18.3. The van der Waals surface area contributed by atoms with Gasteiger partial charge in [-0.05, 0) is 62.2 Å². The summed E-state index contributed by atoms with van der Waals surface area (Å²) in [6, 6.07) is 12.0. The van der Waals surface area contributed by atoms with Crippen molar-refractivity contribution in [3.05, 3.63) is 65.2 Å². The number of hydrogen-bond donors (Lipinski definition) is 2. The number of rotatable bonds is 6. The van der Waals surface area contributed by atoms with Crippen LogP contribution in [0.15, 0.2) is 48.5 Å². The lowest BCUT2D eigenvalue weighted by molar-refractivity contribution is -0.111. The number of ether oxygens (including phenoxy) is 1. The van der Waals surface area contributed by atoms with Crippen LogP contribution in [0.5, 0.6) is 5.75 Å². The van der Waals surface area contributed by atoms with Gasteiger partial charge in [-0.3, -0.25) is 4.79 Å². The zero-order chi connectivity index (χ0) is 18.4. The molecule has 0 saturated carbocycles. The van der Waals surface area contributed by atoms with E-state index < -0.39 is 5.97 Å². The lowest BCUT2D eigenvalue weighted by Gasteiger charge is -2.10. The van der Waals surface area contributed by atoms with Crippen LogP contribution in [0.25, 0.3) is 6.08 Å². The second-order valence-electron chi connectivity index (χ2n) is 5.90. The first-order valence-electron chi connectivity index (χ1n) is 7.95. The Morgan fingerprint density at radius 2 is 1.92 bits per heavy atom. The first-order chi connectivity index (χ1) is 11.8. The summed E-state index contributed by atoms with van der Waals surface area (Å²) >= 11 is 0. The predicted molar refractivity (Wildman–Crippen MR) is 98.0 cm³/mol. The van der Waals surface area contributed by atoms with Crippen LogP contribution in [0.3, 0.4) is 0 Å². The van der Waals surface area contributed by atoms with E-state index in [0.29, 0.717) is 5.69 Å². The van der Waals surface area contributed by atoms with E-state index in [2.05, 4.69) is 5.32 Å². The highest BCUT2D eigenvalue weighted by Gasteiger charge is 2.07. The number of carboxylic acid groups (broad SMARTS) is 1. The maximum Gasteiger partial charge on any atom is 0.335 e. The SMILES string of the molecule is Cc1ccc(C(=O)O)cc1NC(=O)/C=C/c1cccc(OC(C)C)c1. The molecule has 0 spiro atoms. The molecule has 1 amide bonds. The Bertz CT molecular complexity index is 809. The standard InChI is InChI=1S/C20H21NO4/c1-13(2)25-17-6-4-5-15(11-17)8-10-19(22)21-18-12-16(20(23)24)9-7-14(18)3/h4-13H,1-3H3,(H,21,22)(H,23,24)/b10-8+. The molecule has 0 atom stereocenters. The van der Waals surface area contributed by atoms with Gasteiger partial charge >= 0.3 is 5.97 Å². The molecular weight excluding hydrogens is 318 g/mol. The Morgan fingerprint density at radius 3 is 2.60 bits per heavy atom. The number of aryl methyl sites for hydroxylation is 1.